The Labute approximate surface area is 483 Å². The van der Waals surface area contributed by atoms with Gasteiger partial charge < -0.3 is 65.1 Å². The molecule has 2 rings (SSSR count). The van der Waals surface area contributed by atoms with Crippen molar-refractivity contribution >= 4 is 5.91 Å². The second-order valence-corrected chi connectivity index (χ2v) is 21.8. The first kappa shape index (κ1) is 73.0. The van der Waals surface area contributed by atoms with Crippen LogP contribution in [0.2, 0.25) is 0 Å². The molecule has 460 valence electrons. The van der Waals surface area contributed by atoms with Gasteiger partial charge in [-0.05, 0) is 89.9 Å². The summed E-state index contributed by atoms with van der Waals surface area (Å²) in [4.78, 5) is 13.3. The van der Waals surface area contributed by atoms with E-state index in [0.717, 1.165) is 83.5 Å². The van der Waals surface area contributed by atoms with Gasteiger partial charge in [-0.25, -0.2) is 0 Å². The zero-order chi connectivity index (χ0) is 58.1. The monoisotopic (exact) mass is 1130 g/mol. The number of hydrogen-bond donors (Lipinski definition) is 9. The maximum Gasteiger partial charge on any atom is 0.220 e. The smallest absolute Gasteiger partial charge is 0.220 e. The largest absolute Gasteiger partial charge is 0.394 e. The minimum atomic E-state index is -1.80. The average Bonchev–Trinajstić information content (AvgIpc) is 3.49. The Morgan fingerprint density at radius 3 is 1.38 bits per heavy atom. The topological polar surface area (TPSA) is 228 Å². The molecule has 0 aromatic rings. The van der Waals surface area contributed by atoms with E-state index >= 15 is 0 Å². The van der Waals surface area contributed by atoms with E-state index in [1.165, 1.54) is 103 Å². The van der Waals surface area contributed by atoms with Crippen molar-refractivity contribution in [2.75, 3.05) is 19.8 Å². The van der Waals surface area contributed by atoms with Gasteiger partial charge in [0.1, 0.15) is 48.8 Å². The lowest BCUT2D eigenvalue weighted by atomic mass is 9.97. The number of unbranched alkanes of at least 4 members (excludes halogenated alkanes) is 22. The molecule has 2 aliphatic heterocycles. The molecule has 0 saturated carbocycles. The summed E-state index contributed by atoms with van der Waals surface area (Å²) < 4.78 is 22.8. The highest BCUT2D eigenvalue weighted by Gasteiger charge is 2.51. The summed E-state index contributed by atoms with van der Waals surface area (Å²) in [5.41, 5.74) is 0. The predicted octanol–water partition coefficient (Wildman–Crippen LogP) is 11.4. The van der Waals surface area contributed by atoms with Crippen molar-refractivity contribution in [1.82, 2.24) is 5.32 Å². The van der Waals surface area contributed by atoms with Crippen LogP contribution in [0.5, 0.6) is 0 Å². The standard InChI is InChI=1S/C66H113NO13/c1-3-5-7-9-11-13-15-17-19-21-23-25-26-27-28-30-32-34-36-38-40-42-44-46-48-50-58(71)67-54(55(70)49-47-45-43-41-39-37-35-33-31-29-24-22-20-18-16-14-12-10-8-6-4-2)53-77-65-63(76)61(74)64(57(52-69)79-65)80-66-62(75)60(73)59(72)56(51-68)78-66/h5,7,11,13,17,19,23,25,27-28,31,33,39,41,47,49,54-57,59-66,68-70,72-76H,3-4,6,8-10,12,14-16,18,20-22,24,26,29-30,32,34-38,40,42-46,48,50-53H2,1-2H3,(H,67,71)/b7-5-,13-11-,19-17-,25-23-,28-27-,33-31+,41-39+,49-47+. The van der Waals surface area contributed by atoms with Crippen molar-refractivity contribution in [3.63, 3.8) is 0 Å². The Morgan fingerprint density at radius 1 is 0.463 bits per heavy atom. The molecule has 2 fully saturated rings. The highest BCUT2D eigenvalue weighted by atomic mass is 16.7. The number of carbonyl (C=O) groups is 1. The van der Waals surface area contributed by atoms with Gasteiger partial charge in [0.2, 0.25) is 5.91 Å². The van der Waals surface area contributed by atoms with Crippen LogP contribution < -0.4 is 5.32 Å². The van der Waals surface area contributed by atoms with Crippen molar-refractivity contribution in [3.05, 3.63) is 97.2 Å². The molecule has 2 heterocycles. The number of aliphatic hydroxyl groups excluding tert-OH is 8. The molecule has 12 atom stereocenters. The lowest BCUT2D eigenvalue weighted by Gasteiger charge is -2.46. The van der Waals surface area contributed by atoms with Crippen LogP contribution in [-0.4, -0.2) is 140 Å². The number of ether oxygens (including phenoxy) is 4. The maximum atomic E-state index is 13.3. The minimum absolute atomic E-state index is 0.257. The molecule has 0 radical (unpaired) electrons. The summed E-state index contributed by atoms with van der Waals surface area (Å²) in [5.74, 6) is -0.263. The normalized spacial score (nSPS) is 24.9. The molecule has 80 heavy (non-hydrogen) atoms. The molecule has 0 spiro atoms. The Morgan fingerprint density at radius 2 is 0.875 bits per heavy atom. The minimum Gasteiger partial charge on any atom is -0.394 e. The van der Waals surface area contributed by atoms with Gasteiger partial charge in [0.15, 0.2) is 12.6 Å². The van der Waals surface area contributed by atoms with Crippen molar-refractivity contribution in [3.8, 4) is 0 Å². The summed E-state index contributed by atoms with van der Waals surface area (Å²) in [6, 6.07) is -0.948. The van der Waals surface area contributed by atoms with Gasteiger partial charge in [0.25, 0.3) is 0 Å². The van der Waals surface area contributed by atoms with Crippen molar-refractivity contribution in [2.45, 2.75) is 293 Å². The molecular formula is C66H113NO13. The van der Waals surface area contributed by atoms with E-state index < -0.39 is 86.8 Å². The van der Waals surface area contributed by atoms with Crippen molar-refractivity contribution in [1.29, 1.82) is 0 Å². The molecule has 1 amide bonds. The molecule has 12 unspecified atom stereocenters. The van der Waals surface area contributed by atoms with Gasteiger partial charge in [-0.2, -0.15) is 0 Å². The second-order valence-electron chi connectivity index (χ2n) is 21.8. The fraction of sp³-hybridized carbons (Fsp3) is 0.742. The highest BCUT2D eigenvalue weighted by Crippen LogP contribution is 2.30. The molecule has 0 aliphatic carbocycles. The summed E-state index contributed by atoms with van der Waals surface area (Å²) in [7, 11) is 0. The zero-order valence-electron chi connectivity index (χ0n) is 49.5. The summed E-state index contributed by atoms with van der Waals surface area (Å²) >= 11 is 0. The van der Waals surface area contributed by atoms with Crippen LogP contribution in [0.3, 0.4) is 0 Å². The number of rotatable bonds is 49. The van der Waals surface area contributed by atoms with Gasteiger partial charge in [-0.1, -0.05) is 220 Å². The van der Waals surface area contributed by atoms with Gasteiger partial charge >= 0.3 is 0 Å². The lowest BCUT2D eigenvalue weighted by molar-refractivity contribution is -0.359. The summed E-state index contributed by atoms with van der Waals surface area (Å²) in [6.45, 7) is 2.65. The molecule has 2 aliphatic rings. The molecule has 14 heteroatoms. The second kappa shape index (κ2) is 50.4. The first-order valence-electron chi connectivity index (χ1n) is 31.5. The van der Waals surface area contributed by atoms with Gasteiger partial charge in [0.05, 0.1) is 32.0 Å². The molecule has 0 aromatic carbocycles. The predicted molar refractivity (Wildman–Crippen MR) is 323 cm³/mol. The first-order valence-corrected chi connectivity index (χ1v) is 31.5. The Balaban J connectivity index is 1.77. The van der Waals surface area contributed by atoms with Crippen LogP contribution in [0.25, 0.3) is 0 Å². The quantitative estimate of drug-likeness (QED) is 0.0204. The van der Waals surface area contributed by atoms with Gasteiger partial charge in [-0.3, -0.25) is 4.79 Å². The molecule has 9 N–H and O–H groups in total. The lowest BCUT2D eigenvalue weighted by Crippen LogP contribution is -2.65. The number of hydrogen-bond acceptors (Lipinski definition) is 13. The number of carbonyl (C=O) groups excluding carboxylic acids is 1. The Bertz CT molecular complexity index is 1710. The molecule has 0 bridgehead atoms. The van der Waals surface area contributed by atoms with E-state index in [-0.39, 0.29) is 18.9 Å². The fourth-order valence-corrected chi connectivity index (χ4v) is 9.70. The van der Waals surface area contributed by atoms with E-state index in [9.17, 15) is 45.6 Å². The molecule has 2 saturated heterocycles. The highest BCUT2D eigenvalue weighted by molar-refractivity contribution is 5.76. The van der Waals surface area contributed by atoms with Crippen LogP contribution in [0.15, 0.2) is 97.2 Å². The van der Waals surface area contributed by atoms with Gasteiger partial charge in [0, 0.05) is 6.42 Å². The number of nitrogens with one attached hydrogen (secondary N) is 1. The van der Waals surface area contributed by atoms with Crippen LogP contribution >= 0.6 is 0 Å². The fourth-order valence-electron chi connectivity index (χ4n) is 9.70. The van der Waals surface area contributed by atoms with E-state index in [0.29, 0.717) is 12.8 Å². The van der Waals surface area contributed by atoms with E-state index in [2.05, 4.69) is 104 Å². The first-order chi connectivity index (χ1) is 39.1. The average molecular weight is 1130 g/mol. The summed E-state index contributed by atoms with van der Waals surface area (Å²) in [5, 5.41) is 87.2. The molecular weight excluding hydrogens is 1010 g/mol. The number of aliphatic hydroxyl groups is 8. The van der Waals surface area contributed by atoms with E-state index in [1.807, 2.05) is 6.08 Å². The number of allylic oxidation sites excluding steroid dienone is 15. The Kier molecular flexibility index (Phi) is 46.0. The SMILES string of the molecule is CC/C=C\C/C=C\C/C=C\C/C=C\C/C=C\CCCCCCCCCCCC(=O)NC(COC1OC(CO)C(OC2OC(CO)C(O)C(O)C2O)C(O)C1O)C(O)/C=C/CC/C=C/CC/C=C/CCCCCCCCCCCCC. The third-order valence-corrected chi connectivity index (χ3v) is 14.7. The third-order valence-electron chi connectivity index (χ3n) is 14.7. The third kappa shape index (κ3) is 35.1. The summed E-state index contributed by atoms with van der Waals surface area (Å²) in [6.07, 6.45) is 53.0. The van der Waals surface area contributed by atoms with Crippen LogP contribution in [-0.2, 0) is 23.7 Å². The van der Waals surface area contributed by atoms with Crippen molar-refractivity contribution in [2.24, 2.45) is 0 Å². The number of amides is 1. The van der Waals surface area contributed by atoms with Gasteiger partial charge in [-0.15, -0.1) is 0 Å². The van der Waals surface area contributed by atoms with E-state index in [4.69, 9.17) is 18.9 Å². The maximum absolute atomic E-state index is 13.3. The van der Waals surface area contributed by atoms with E-state index in [1.54, 1.807) is 6.08 Å². The van der Waals surface area contributed by atoms with Crippen LogP contribution in [0, 0.1) is 0 Å². The molecule has 0 aromatic heterocycles. The van der Waals surface area contributed by atoms with Crippen LogP contribution in [0.4, 0.5) is 0 Å². The molecule has 14 nitrogen and oxygen atoms in total. The zero-order valence-corrected chi connectivity index (χ0v) is 49.5. The van der Waals surface area contributed by atoms with Crippen LogP contribution in [0.1, 0.15) is 219 Å². The van der Waals surface area contributed by atoms with Crippen molar-refractivity contribution < 1.29 is 64.6 Å². The Hall–Kier alpha value is -3.09.